The van der Waals surface area contributed by atoms with E-state index in [4.69, 9.17) is 16.9 Å². The van der Waals surface area contributed by atoms with E-state index in [1.165, 1.54) is 0 Å². The molecule has 1 nitrogen and oxygen atoms in total. The van der Waals surface area contributed by atoms with Gasteiger partial charge in [0, 0.05) is 11.5 Å². The fourth-order valence-electron chi connectivity index (χ4n) is 0.301. The standard InChI is InChI=1S/C7H8ClN/c1-7(6-9)4-2-3-5-8/h2-4H,5H2,1H3/b3-2+,7-4-. The second-order valence-electron chi connectivity index (χ2n) is 1.54. The lowest BCUT2D eigenvalue weighted by molar-refractivity contribution is 1.44. The third-order valence-corrected chi connectivity index (χ3v) is 0.926. The van der Waals surface area contributed by atoms with E-state index in [1.54, 1.807) is 25.2 Å². The Morgan fingerprint density at radius 1 is 1.78 bits per heavy atom. The smallest absolute Gasteiger partial charge is 0.0944 e. The normalized spacial score (nSPS) is 11.9. The van der Waals surface area contributed by atoms with Crippen LogP contribution in [0.2, 0.25) is 0 Å². The minimum absolute atomic E-state index is 0.495. The lowest BCUT2D eigenvalue weighted by atomic mass is 10.3. The van der Waals surface area contributed by atoms with Gasteiger partial charge in [0.15, 0.2) is 0 Å². The van der Waals surface area contributed by atoms with Crippen LogP contribution in [-0.4, -0.2) is 5.88 Å². The van der Waals surface area contributed by atoms with Crippen molar-refractivity contribution in [3.05, 3.63) is 23.8 Å². The van der Waals surface area contributed by atoms with Gasteiger partial charge in [-0.25, -0.2) is 0 Å². The van der Waals surface area contributed by atoms with E-state index >= 15 is 0 Å². The van der Waals surface area contributed by atoms with Crippen molar-refractivity contribution >= 4 is 11.6 Å². The summed E-state index contributed by atoms with van der Waals surface area (Å²) in [5, 5.41) is 8.25. The molecule has 0 amide bonds. The third-order valence-electron chi connectivity index (χ3n) is 0.748. The van der Waals surface area contributed by atoms with Gasteiger partial charge >= 0.3 is 0 Å². The molecule has 0 aliphatic heterocycles. The highest BCUT2D eigenvalue weighted by molar-refractivity contribution is 6.18. The summed E-state index contributed by atoms with van der Waals surface area (Å²) in [4.78, 5) is 0. The first-order valence-corrected chi connectivity index (χ1v) is 3.14. The molecular formula is C7H8ClN. The Bertz CT molecular complexity index is 162. The molecular weight excluding hydrogens is 134 g/mol. The maximum Gasteiger partial charge on any atom is 0.0944 e. The Hall–Kier alpha value is -0.740. The summed E-state index contributed by atoms with van der Waals surface area (Å²) < 4.78 is 0. The molecule has 0 rings (SSSR count). The molecule has 0 radical (unpaired) electrons. The van der Waals surface area contributed by atoms with Crippen molar-refractivity contribution in [2.24, 2.45) is 0 Å². The van der Waals surface area contributed by atoms with Crippen LogP contribution >= 0.6 is 11.6 Å². The molecule has 9 heavy (non-hydrogen) atoms. The summed E-state index contributed by atoms with van der Waals surface area (Å²) in [6.07, 6.45) is 5.27. The Balaban J connectivity index is 3.72. The van der Waals surface area contributed by atoms with Crippen molar-refractivity contribution in [2.45, 2.75) is 6.92 Å². The first-order valence-electron chi connectivity index (χ1n) is 2.60. The molecule has 0 bridgehead atoms. The zero-order valence-electron chi connectivity index (χ0n) is 5.26. The predicted octanol–water partition coefficient (Wildman–Crippen LogP) is 2.25. The van der Waals surface area contributed by atoms with Gasteiger partial charge in [-0.15, -0.1) is 11.6 Å². The molecule has 0 atom stereocenters. The summed E-state index contributed by atoms with van der Waals surface area (Å²) in [7, 11) is 0. The van der Waals surface area contributed by atoms with Crippen molar-refractivity contribution in [3.8, 4) is 6.07 Å². The summed E-state index contributed by atoms with van der Waals surface area (Å²) in [5.41, 5.74) is 0.691. The number of rotatable bonds is 2. The summed E-state index contributed by atoms with van der Waals surface area (Å²) in [6.45, 7) is 1.75. The Morgan fingerprint density at radius 2 is 2.44 bits per heavy atom. The largest absolute Gasteiger partial charge is 0.193 e. The average Bonchev–Trinajstić information content (AvgIpc) is 1.89. The molecule has 0 saturated heterocycles. The molecule has 0 unspecified atom stereocenters. The van der Waals surface area contributed by atoms with Crippen LogP contribution in [0.15, 0.2) is 23.8 Å². The fraction of sp³-hybridized carbons (Fsp3) is 0.286. The van der Waals surface area contributed by atoms with Gasteiger partial charge in [0.25, 0.3) is 0 Å². The van der Waals surface area contributed by atoms with E-state index in [0.29, 0.717) is 11.5 Å². The fourth-order valence-corrected chi connectivity index (χ4v) is 0.404. The molecule has 0 aromatic rings. The number of hydrogen-bond donors (Lipinski definition) is 0. The maximum atomic E-state index is 8.25. The molecule has 0 N–H and O–H groups in total. The van der Waals surface area contributed by atoms with Crippen LogP contribution in [-0.2, 0) is 0 Å². The lowest BCUT2D eigenvalue weighted by Crippen LogP contribution is -1.64. The quantitative estimate of drug-likeness (QED) is 0.329. The molecule has 48 valence electrons. The van der Waals surface area contributed by atoms with Gasteiger partial charge in [-0.05, 0) is 13.0 Å². The van der Waals surface area contributed by atoms with E-state index in [2.05, 4.69) is 0 Å². The molecule has 0 aromatic heterocycles. The van der Waals surface area contributed by atoms with Crippen LogP contribution in [0.5, 0.6) is 0 Å². The average molecular weight is 142 g/mol. The van der Waals surface area contributed by atoms with Crippen LogP contribution in [0.25, 0.3) is 0 Å². The minimum atomic E-state index is 0.495. The molecule has 0 fully saturated rings. The van der Waals surface area contributed by atoms with Crippen LogP contribution < -0.4 is 0 Å². The lowest BCUT2D eigenvalue weighted by Gasteiger charge is -1.76. The zero-order chi connectivity index (χ0) is 7.11. The number of nitrogens with zero attached hydrogens (tertiary/aromatic N) is 1. The van der Waals surface area contributed by atoms with Gasteiger partial charge in [0.1, 0.15) is 0 Å². The van der Waals surface area contributed by atoms with Crippen molar-refractivity contribution < 1.29 is 0 Å². The Morgan fingerprint density at radius 3 is 2.89 bits per heavy atom. The summed E-state index contributed by atoms with van der Waals surface area (Å²) in [5.74, 6) is 0.495. The highest BCUT2D eigenvalue weighted by Crippen LogP contribution is 1.89. The van der Waals surface area contributed by atoms with Gasteiger partial charge in [0.05, 0.1) is 6.07 Å². The highest BCUT2D eigenvalue weighted by Gasteiger charge is 1.75. The molecule has 0 aromatic carbocycles. The summed E-state index contributed by atoms with van der Waals surface area (Å²) >= 11 is 5.33. The van der Waals surface area contributed by atoms with Crippen LogP contribution in [0.4, 0.5) is 0 Å². The number of hydrogen-bond acceptors (Lipinski definition) is 1. The van der Waals surface area contributed by atoms with Crippen molar-refractivity contribution in [3.63, 3.8) is 0 Å². The van der Waals surface area contributed by atoms with Gasteiger partial charge < -0.3 is 0 Å². The molecule has 2 heteroatoms. The van der Waals surface area contributed by atoms with E-state index in [-0.39, 0.29) is 0 Å². The van der Waals surface area contributed by atoms with Gasteiger partial charge in [0.2, 0.25) is 0 Å². The van der Waals surface area contributed by atoms with Gasteiger partial charge in [-0.2, -0.15) is 5.26 Å². The molecule has 0 spiro atoms. The zero-order valence-corrected chi connectivity index (χ0v) is 6.02. The first-order chi connectivity index (χ1) is 4.31. The molecule has 0 saturated carbocycles. The third kappa shape index (κ3) is 5.13. The van der Waals surface area contributed by atoms with Crippen LogP contribution in [0.3, 0.4) is 0 Å². The second kappa shape index (κ2) is 5.40. The van der Waals surface area contributed by atoms with E-state index in [9.17, 15) is 0 Å². The van der Waals surface area contributed by atoms with Gasteiger partial charge in [-0.3, -0.25) is 0 Å². The van der Waals surface area contributed by atoms with Gasteiger partial charge in [-0.1, -0.05) is 12.2 Å². The van der Waals surface area contributed by atoms with E-state index in [0.717, 1.165) is 0 Å². The Kier molecular flexibility index (Phi) is 4.95. The van der Waals surface area contributed by atoms with E-state index < -0.39 is 0 Å². The molecule has 0 heterocycles. The number of nitriles is 1. The van der Waals surface area contributed by atoms with Crippen molar-refractivity contribution in [1.29, 1.82) is 5.26 Å². The number of halogens is 1. The monoisotopic (exact) mass is 141 g/mol. The predicted molar refractivity (Wildman–Crippen MR) is 39.2 cm³/mol. The SMILES string of the molecule is C/C(C#N)=C/C=C/CCl. The van der Waals surface area contributed by atoms with Crippen LogP contribution in [0.1, 0.15) is 6.92 Å². The van der Waals surface area contributed by atoms with Crippen LogP contribution in [0, 0.1) is 11.3 Å². The topological polar surface area (TPSA) is 23.8 Å². The minimum Gasteiger partial charge on any atom is -0.193 e. The molecule has 0 aliphatic carbocycles. The van der Waals surface area contributed by atoms with Crippen molar-refractivity contribution in [1.82, 2.24) is 0 Å². The van der Waals surface area contributed by atoms with E-state index in [1.807, 2.05) is 6.07 Å². The summed E-state index contributed by atoms with van der Waals surface area (Å²) in [6, 6.07) is 1.99. The Labute approximate surface area is 60.2 Å². The second-order valence-corrected chi connectivity index (χ2v) is 1.85. The number of allylic oxidation sites excluding steroid dienone is 4. The highest BCUT2D eigenvalue weighted by atomic mass is 35.5. The number of alkyl halides is 1. The first kappa shape index (κ1) is 8.26. The maximum absolute atomic E-state index is 8.25. The molecule has 0 aliphatic rings. The van der Waals surface area contributed by atoms with Crippen molar-refractivity contribution in [2.75, 3.05) is 5.88 Å².